The molecular weight excluding hydrogens is 226 g/mol. The van der Waals surface area contributed by atoms with Gasteiger partial charge in [0.25, 0.3) is 0 Å². The number of nitrogen functional groups attached to an aromatic ring is 1. The van der Waals surface area contributed by atoms with Crippen LogP contribution in [-0.2, 0) is 0 Å². The first-order chi connectivity index (χ1) is 8.51. The number of aromatic nitrogens is 3. The van der Waals surface area contributed by atoms with Gasteiger partial charge in [-0.15, -0.1) is 0 Å². The molecule has 5 nitrogen and oxygen atoms in total. The van der Waals surface area contributed by atoms with Crippen molar-refractivity contribution >= 4 is 5.82 Å². The summed E-state index contributed by atoms with van der Waals surface area (Å²) in [5, 5.41) is 0. The van der Waals surface area contributed by atoms with Crippen LogP contribution in [-0.4, -0.2) is 15.0 Å². The van der Waals surface area contributed by atoms with E-state index in [4.69, 9.17) is 5.84 Å². The number of rotatable bonds is 2. The Hall–Kier alpha value is -2.01. The van der Waals surface area contributed by atoms with E-state index in [2.05, 4.69) is 20.4 Å². The number of aryl methyl sites for hydroxylation is 3. The van der Waals surface area contributed by atoms with Gasteiger partial charge in [-0.25, -0.2) is 15.8 Å². The van der Waals surface area contributed by atoms with E-state index in [1.54, 1.807) is 0 Å². The second-order valence-electron chi connectivity index (χ2n) is 4.39. The number of nitrogens with two attached hydrogens (primary N) is 1. The lowest BCUT2D eigenvalue weighted by atomic mass is 10.1. The molecule has 0 aliphatic carbocycles. The van der Waals surface area contributed by atoms with Gasteiger partial charge in [-0.05, 0) is 39.8 Å². The second kappa shape index (κ2) is 4.70. The predicted octanol–water partition coefficient (Wildman–Crippen LogP) is 2.06. The van der Waals surface area contributed by atoms with Gasteiger partial charge in [0.15, 0.2) is 5.82 Å². The molecule has 18 heavy (non-hydrogen) atoms. The molecule has 0 saturated heterocycles. The third-order valence-electron chi connectivity index (χ3n) is 2.87. The van der Waals surface area contributed by atoms with Gasteiger partial charge in [0.2, 0.25) is 0 Å². The smallest absolute Gasteiger partial charge is 0.161 e. The van der Waals surface area contributed by atoms with Gasteiger partial charge in [0, 0.05) is 28.2 Å². The molecule has 2 heterocycles. The molecule has 0 bridgehead atoms. The van der Waals surface area contributed by atoms with Gasteiger partial charge in [-0.2, -0.15) is 0 Å². The fourth-order valence-corrected chi connectivity index (χ4v) is 1.86. The van der Waals surface area contributed by atoms with Crippen molar-refractivity contribution in [3.63, 3.8) is 0 Å². The fraction of sp³-hybridized carbons (Fsp3) is 0.308. The zero-order valence-electron chi connectivity index (χ0n) is 11.1. The van der Waals surface area contributed by atoms with Crippen LogP contribution in [0.15, 0.2) is 12.1 Å². The standard InChI is InChI=1S/C13H17N5/c1-7-5-11(6-8(2)15-7)13-16-10(4)9(3)12(17-13)18-14/h5-6H,14H2,1-4H3,(H,16,17,18). The van der Waals surface area contributed by atoms with Crippen LogP contribution in [0.3, 0.4) is 0 Å². The third-order valence-corrected chi connectivity index (χ3v) is 2.87. The zero-order chi connectivity index (χ0) is 13.3. The zero-order valence-corrected chi connectivity index (χ0v) is 11.1. The molecule has 94 valence electrons. The fourth-order valence-electron chi connectivity index (χ4n) is 1.86. The number of nitrogens with one attached hydrogen (secondary N) is 1. The highest BCUT2D eigenvalue weighted by Crippen LogP contribution is 2.22. The lowest BCUT2D eigenvalue weighted by Crippen LogP contribution is -2.12. The van der Waals surface area contributed by atoms with Crippen molar-refractivity contribution in [1.82, 2.24) is 15.0 Å². The number of pyridine rings is 1. The molecule has 0 aromatic carbocycles. The topological polar surface area (TPSA) is 76.7 Å². The summed E-state index contributed by atoms with van der Waals surface area (Å²) in [5.41, 5.74) is 7.35. The molecule has 0 radical (unpaired) electrons. The summed E-state index contributed by atoms with van der Waals surface area (Å²) >= 11 is 0. The minimum atomic E-state index is 0.657. The molecule has 0 aliphatic heterocycles. The Morgan fingerprint density at radius 2 is 1.56 bits per heavy atom. The predicted molar refractivity (Wildman–Crippen MR) is 72.0 cm³/mol. The van der Waals surface area contributed by atoms with Gasteiger partial charge in [-0.1, -0.05) is 0 Å². The highest BCUT2D eigenvalue weighted by atomic mass is 15.3. The summed E-state index contributed by atoms with van der Waals surface area (Å²) in [4.78, 5) is 13.3. The summed E-state index contributed by atoms with van der Waals surface area (Å²) < 4.78 is 0. The Morgan fingerprint density at radius 1 is 0.944 bits per heavy atom. The molecule has 2 aromatic rings. The largest absolute Gasteiger partial charge is 0.308 e. The van der Waals surface area contributed by atoms with Crippen molar-refractivity contribution in [2.45, 2.75) is 27.7 Å². The molecule has 2 rings (SSSR count). The highest BCUT2D eigenvalue weighted by Gasteiger charge is 2.09. The molecular formula is C13H17N5. The second-order valence-corrected chi connectivity index (χ2v) is 4.39. The quantitative estimate of drug-likeness (QED) is 0.623. The first-order valence-corrected chi connectivity index (χ1v) is 5.79. The van der Waals surface area contributed by atoms with Crippen LogP contribution in [0, 0.1) is 27.7 Å². The molecule has 0 saturated carbocycles. The van der Waals surface area contributed by atoms with Crippen LogP contribution < -0.4 is 11.3 Å². The van der Waals surface area contributed by atoms with E-state index in [-0.39, 0.29) is 0 Å². The van der Waals surface area contributed by atoms with Gasteiger partial charge in [-0.3, -0.25) is 4.98 Å². The van der Waals surface area contributed by atoms with Crippen molar-refractivity contribution in [3.8, 4) is 11.4 Å². The lowest BCUT2D eigenvalue weighted by Gasteiger charge is -2.10. The van der Waals surface area contributed by atoms with E-state index >= 15 is 0 Å². The molecule has 0 spiro atoms. The first kappa shape index (κ1) is 12.4. The van der Waals surface area contributed by atoms with E-state index in [0.29, 0.717) is 11.6 Å². The van der Waals surface area contributed by atoms with Crippen molar-refractivity contribution < 1.29 is 0 Å². The molecule has 5 heteroatoms. The Kier molecular flexibility index (Phi) is 3.25. The average molecular weight is 243 g/mol. The molecule has 3 N–H and O–H groups in total. The van der Waals surface area contributed by atoms with Gasteiger partial charge >= 0.3 is 0 Å². The maximum absolute atomic E-state index is 5.47. The van der Waals surface area contributed by atoms with Gasteiger partial charge in [0.1, 0.15) is 5.82 Å². The van der Waals surface area contributed by atoms with Crippen molar-refractivity contribution in [3.05, 3.63) is 34.8 Å². The van der Waals surface area contributed by atoms with E-state index < -0.39 is 0 Å². The summed E-state index contributed by atoms with van der Waals surface area (Å²) in [5.74, 6) is 6.80. The summed E-state index contributed by atoms with van der Waals surface area (Å²) in [6.45, 7) is 7.80. The maximum atomic E-state index is 5.47. The molecule has 0 amide bonds. The van der Waals surface area contributed by atoms with E-state index in [1.165, 1.54) is 0 Å². The molecule has 0 aliphatic rings. The molecule has 2 aromatic heterocycles. The van der Waals surface area contributed by atoms with Crippen LogP contribution in [0.5, 0.6) is 0 Å². The summed E-state index contributed by atoms with van der Waals surface area (Å²) in [7, 11) is 0. The van der Waals surface area contributed by atoms with E-state index in [9.17, 15) is 0 Å². The number of hydrogen-bond acceptors (Lipinski definition) is 5. The minimum absolute atomic E-state index is 0.657. The van der Waals surface area contributed by atoms with Crippen LogP contribution in [0.25, 0.3) is 11.4 Å². The van der Waals surface area contributed by atoms with Crippen LogP contribution in [0.4, 0.5) is 5.82 Å². The van der Waals surface area contributed by atoms with E-state index in [1.807, 2.05) is 39.8 Å². The Morgan fingerprint density at radius 3 is 2.11 bits per heavy atom. The Balaban J connectivity index is 2.60. The molecule has 0 unspecified atom stereocenters. The Bertz CT molecular complexity index is 572. The third kappa shape index (κ3) is 2.31. The van der Waals surface area contributed by atoms with Gasteiger partial charge < -0.3 is 5.43 Å². The summed E-state index contributed by atoms with van der Waals surface area (Å²) in [6.07, 6.45) is 0. The SMILES string of the molecule is Cc1cc(-c2nc(C)c(C)c(NN)n2)cc(C)n1. The lowest BCUT2D eigenvalue weighted by molar-refractivity contribution is 1.05. The van der Waals surface area contributed by atoms with Crippen molar-refractivity contribution in [1.29, 1.82) is 0 Å². The first-order valence-electron chi connectivity index (χ1n) is 5.79. The van der Waals surface area contributed by atoms with Crippen molar-refractivity contribution in [2.24, 2.45) is 5.84 Å². The molecule has 0 fully saturated rings. The Labute approximate surface area is 106 Å². The van der Waals surface area contributed by atoms with Gasteiger partial charge in [0.05, 0.1) is 0 Å². The van der Waals surface area contributed by atoms with Crippen LogP contribution in [0.1, 0.15) is 22.6 Å². The number of nitrogens with zero attached hydrogens (tertiary/aromatic N) is 3. The van der Waals surface area contributed by atoms with Crippen LogP contribution in [0.2, 0.25) is 0 Å². The highest BCUT2D eigenvalue weighted by molar-refractivity contribution is 5.60. The number of anilines is 1. The maximum Gasteiger partial charge on any atom is 0.161 e. The van der Waals surface area contributed by atoms with E-state index in [0.717, 1.165) is 28.2 Å². The number of hydrogen-bond donors (Lipinski definition) is 2. The minimum Gasteiger partial charge on any atom is -0.308 e. The summed E-state index contributed by atoms with van der Waals surface area (Å²) in [6, 6.07) is 3.94. The van der Waals surface area contributed by atoms with Crippen LogP contribution >= 0.6 is 0 Å². The number of hydrazine groups is 1. The average Bonchev–Trinajstić information content (AvgIpc) is 2.31. The monoisotopic (exact) mass is 243 g/mol. The molecule has 0 atom stereocenters. The van der Waals surface area contributed by atoms with Crippen molar-refractivity contribution in [2.75, 3.05) is 5.43 Å². The normalized spacial score (nSPS) is 10.5.